The third kappa shape index (κ3) is 1.30. The summed E-state index contributed by atoms with van der Waals surface area (Å²) in [5, 5.41) is 0. The molecule has 0 aromatic heterocycles. The molecule has 0 amide bonds. The summed E-state index contributed by atoms with van der Waals surface area (Å²) >= 11 is 0. The molecule has 3 rings (SSSR count). The molecule has 2 fully saturated rings. The highest BCUT2D eigenvalue weighted by molar-refractivity contribution is 6.05. The third-order valence-corrected chi connectivity index (χ3v) is 4.69. The van der Waals surface area contributed by atoms with Gasteiger partial charge < -0.3 is 4.74 Å². The van der Waals surface area contributed by atoms with Crippen molar-refractivity contribution < 1.29 is 14.3 Å². The highest BCUT2D eigenvalue weighted by atomic mass is 16.6. The van der Waals surface area contributed by atoms with E-state index in [9.17, 15) is 9.59 Å². The van der Waals surface area contributed by atoms with E-state index in [0.717, 1.165) is 12.8 Å². The van der Waals surface area contributed by atoms with Crippen LogP contribution in [-0.2, 0) is 14.3 Å². The minimum absolute atomic E-state index is 0.0478. The molecule has 0 aromatic rings. The zero-order valence-corrected chi connectivity index (χ0v) is 10.4. The number of esters is 1. The molecule has 1 saturated carbocycles. The van der Waals surface area contributed by atoms with Crippen LogP contribution in [0.15, 0.2) is 36.5 Å². The van der Waals surface area contributed by atoms with Gasteiger partial charge in [0.05, 0.1) is 0 Å². The summed E-state index contributed by atoms with van der Waals surface area (Å²) in [5.41, 5.74) is 0.992. The molecule has 0 aromatic carbocycles. The van der Waals surface area contributed by atoms with Crippen molar-refractivity contribution in [3.05, 3.63) is 36.5 Å². The second-order valence-corrected chi connectivity index (χ2v) is 5.75. The molecule has 4 atom stereocenters. The average molecular weight is 244 g/mol. The van der Waals surface area contributed by atoms with Crippen molar-refractivity contribution >= 4 is 11.8 Å². The number of hydrogen-bond donors (Lipinski definition) is 0. The summed E-state index contributed by atoms with van der Waals surface area (Å²) in [6.45, 7) is 9.84. The van der Waals surface area contributed by atoms with Crippen LogP contribution in [0.3, 0.4) is 0 Å². The molecular weight excluding hydrogens is 228 g/mol. The first-order valence-electron chi connectivity index (χ1n) is 6.26. The number of carbonyl (C=O) groups excluding carboxylic acids is 2. The van der Waals surface area contributed by atoms with E-state index in [1.807, 2.05) is 6.08 Å². The van der Waals surface area contributed by atoms with Crippen molar-refractivity contribution in [3.63, 3.8) is 0 Å². The highest BCUT2D eigenvalue weighted by Gasteiger charge is 2.55. The van der Waals surface area contributed by atoms with E-state index < -0.39 is 0 Å². The maximum absolute atomic E-state index is 11.8. The molecule has 1 heterocycles. The predicted octanol–water partition coefficient (Wildman–Crippen LogP) is 2.20. The zero-order chi connectivity index (χ0) is 13.1. The van der Waals surface area contributed by atoms with Crippen LogP contribution in [0.4, 0.5) is 0 Å². The number of fused-ring (bicyclic) bond motifs is 3. The first kappa shape index (κ1) is 11.5. The van der Waals surface area contributed by atoms with Gasteiger partial charge in [0.25, 0.3) is 0 Å². The van der Waals surface area contributed by atoms with E-state index in [4.69, 9.17) is 4.74 Å². The van der Waals surface area contributed by atoms with Crippen LogP contribution >= 0.6 is 0 Å². The molecule has 94 valence electrons. The maximum atomic E-state index is 11.8. The maximum Gasteiger partial charge on any atom is 0.334 e. The van der Waals surface area contributed by atoms with Gasteiger partial charge in [0.1, 0.15) is 6.10 Å². The van der Waals surface area contributed by atoms with Crippen LogP contribution in [-0.4, -0.2) is 17.9 Å². The first-order chi connectivity index (χ1) is 8.44. The van der Waals surface area contributed by atoms with E-state index in [1.54, 1.807) is 6.08 Å². The molecule has 3 heteroatoms. The summed E-state index contributed by atoms with van der Waals surface area (Å²) in [5.74, 6) is -0.417. The van der Waals surface area contributed by atoms with Gasteiger partial charge in [0, 0.05) is 17.4 Å². The van der Waals surface area contributed by atoms with Gasteiger partial charge in [-0.3, -0.25) is 4.79 Å². The number of ether oxygens (including phenoxy) is 1. The Hall–Kier alpha value is -1.64. The van der Waals surface area contributed by atoms with Gasteiger partial charge in [-0.1, -0.05) is 26.2 Å². The van der Waals surface area contributed by atoms with E-state index in [2.05, 4.69) is 20.1 Å². The van der Waals surface area contributed by atoms with Gasteiger partial charge in [0.2, 0.25) is 0 Å². The summed E-state index contributed by atoms with van der Waals surface area (Å²) in [6, 6.07) is 0. The fourth-order valence-corrected chi connectivity index (χ4v) is 3.58. The lowest BCUT2D eigenvalue weighted by atomic mass is 9.57. The Labute approximate surface area is 106 Å². The van der Waals surface area contributed by atoms with Crippen LogP contribution in [0.5, 0.6) is 0 Å². The second kappa shape index (κ2) is 3.44. The van der Waals surface area contributed by atoms with Crippen LogP contribution < -0.4 is 0 Å². The smallest absolute Gasteiger partial charge is 0.334 e. The minimum Gasteiger partial charge on any atom is -0.458 e. The summed E-state index contributed by atoms with van der Waals surface area (Å²) in [7, 11) is 0. The Morgan fingerprint density at radius 2 is 2.06 bits per heavy atom. The van der Waals surface area contributed by atoms with Crippen molar-refractivity contribution in [3.8, 4) is 0 Å². The van der Waals surface area contributed by atoms with Crippen molar-refractivity contribution in [1.82, 2.24) is 0 Å². The Morgan fingerprint density at radius 3 is 2.78 bits per heavy atom. The Morgan fingerprint density at radius 1 is 1.33 bits per heavy atom. The number of hydrogen-bond acceptors (Lipinski definition) is 3. The van der Waals surface area contributed by atoms with Crippen LogP contribution in [0, 0.1) is 17.3 Å². The Balaban J connectivity index is 2.06. The van der Waals surface area contributed by atoms with Crippen LogP contribution in [0.1, 0.15) is 19.8 Å². The van der Waals surface area contributed by atoms with E-state index >= 15 is 0 Å². The SMILES string of the molecule is C=C1C(=O)C=C[C@]2(C)CC[C@H]3C(=C)C(=O)O[C@@H]3[C@@H]12. The molecule has 1 saturated heterocycles. The normalized spacial score (nSPS) is 42.6. The van der Waals surface area contributed by atoms with Crippen LogP contribution in [0.2, 0.25) is 0 Å². The fraction of sp³-hybridized carbons (Fsp3) is 0.467. The molecule has 0 spiro atoms. The standard InChI is InChI=1S/C15H16O3/c1-8-10-4-6-15(3)7-5-11(16)9(2)12(15)13(10)18-14(8)17/h5,7,10,12-13H,1-2,4,6H2,3H3/t10-,12+,13-,15-/m0/s1. The van der Waals surface area contributed by atoms with Crippen molar-refractivity contribution in [1.29, 1.82) is 0 Å². The number of rotatable bonds is 0. The van der Waals surface area contributed by atoms with Crippen molar-refractivity contribution in [2.75, 3.05) is 0 Å². The van der Waals surface area contributed by atoms with Crippen LogP contribution in [0.25, 0.3) is 0 Å². The van der Waals surface area contributed by atoms with E-state index in [0.29, 0.717) is 11.1 Å². The Kier molecular flexibility index (Phi) is 2.19. The highest BCUT2D eigenvalue weighted by Crippen LogP contribution is 2.54. The monoisotopic (exact) mass is 244 g/mol. The zero-order valence-electron chi connectivity index (χ0n) is 10.4. The molecule has 0 bridgehead atoms. The lowest BCUT2D eigenvalue weighted by Gasteiger charge is -2.46. The lowest BCUT2D eigenvalue weighted by Crippen LogP contribution is -2.46. The van der Waals surface area contributed by atoms with Crippen molar-refractivity contribution in [2.45, 2.75) is 25.9 Å². The number of ketones is 1. The molecule has 18 heavy (non-hydrogen) atoms. The number of carbonyl (C=O) groups is 2. The average Bonchev–Trinajstić information content (AvgIpc) is 2.60. The molecule has 3 nitrogen and oxygen atoms in total. The van der Waals surface area contributed by atoms with Gasteiger partial charge in [-0.2, -0.15) is 0 Å². The van der Waals surface area contributed by atoms with E-state index in [-0.39, 0.29) is 35.1 Å². The molecule has 0 radical (unpaired) electrons. The molecular formula is C15H16O3. The molecule has 0 unspecified atom stereocenters. The fourth-order valence-electron chi connectivity index (χ4n) is 3.58. The van der Waals surface area contributed by atoms with Crippen molar-refractivity contribution in [2.24, 2.45) is 17.3 Å². The predicted molar refractivity (Wildman–Crippen MR) is 66.6 cm³/mol. The molecule has 3 aliphatic rings. The molecule has 2 aliphatic carbocycles. The molecule has 1 aliphatic heterocycles. The number of allylic oxidation sites excluding steroid dienone is 2. The van der Waals surface area contributed by atoms with Gasteiger partial charge >= 0.3 is 5.97 Å². The van der Waals surface area contributed by atoms with Gasteiger partial charge in [-0.15, -0.1) is 0 Å². The Bertz CT molecular complexity index is 514. The summed E-state index contributed by atoms with van der Waals surface area (Å²) in [6.07, 6.45) is 5.11. The summed E-state index contributed by atoms with van der Waals surface area (Å²) < 4.78 is 5.45. The first-order valence-corrected chi connectivity index (χ1v) is 6.26. The third-order valence-electron chi connectivity index (χ3n) is 4.69. The minimum atomic E-state index is -0.316. The molecule has 0 N–H and O–H groups in total. The topological polar surface area (TPSA) is 43.4 Å². The summed E-state index contributed by atoms with van der Waals surface area (Å²) in [4.78, 5) is 23.4. The van der Waals surface area contributed by atoms with Gasteiger partial charge in [-0.25, -0.2) is 4.79 Å². The van der Waals surface area contributed by atoms with Gasteiger partial charge in [0.15, 0.2) is 5.78 Å². The lowest BCUT2D eigenvalue weighted by molar-refractivity contribution is -0.144. The quantitative estimate of drug-likeness (QED) is 0.484. The van der Waals surface area contributed by atoms with Gasteiger partial charge in [-0.05, 0) is 29.9 Å². The second-order valence-electron chi connectivity index (χ2n) is 5.75. The van der Waals surface area contributed by atoms with E-state index in [1.165, 1.54) is 0 Å². The largest absolute Gasteiger partial charge is 0.458 e.